The fourth-order valence-corrected chi connectivity index (χ4v) is 6.46. The summed E-state index contributed by atoms with van der Waals surface area (Å²) < 4.78 is 23.1. The monoisotopic (exact) mass is 703 g/mol. The molecule has 1 amide bonds. The number of likely N-dealkylation sites (N-methyl/N-ethyl adjacent to an activating group) is 1. The van der Waals surface area contributed by atoms with Crippen molar-refractivity contribution in [2.45, 2.75) is 193 Å². The number of aliphatic hydroxyl groups is 1. The third-order valence-corrected chi connectivity index (χ3v) is 9.96. The number of carbonyl (C=O) groups excluding carboxylic acids is 1. The topological polar surface area (TPSA) is 108 Å². The van der Waals surface area contributed by atoms with Crippen LogP contribution in [0.5, 0.6) is 0 Å². The second-order valence-corrected chi connectivity index (χ2v) is 16.4. The number of carbonyl (C=O) groups is 1. The highest BCUT2D eigenvalue weighted by molar-refractivity contribution is 7.45. The third-order valence-electron chi connectivity index (χ3n) is 9.00. The standard InChI is InChI=1S/C39H79N2O6P/c1-6-8-10-12-14-16-18-20-22-24-26-28-30-32-38(42)37(36-47-48(44,45)46-35-34-41(3,4)5)40-39(43)33-31-29-27-25-23-21-19-17-15-13-11-9-7-2/h30,32,37-38,42H,6-29,31,33-36H2,1-5H3,(H-,40,43,44,45)/b32-30+. The zero-order valence-corrected chi connectivity index (χ0v) is 33.1. The molecule has 0 bridgehead atoms. The van der Waals surface area contributed by atoms with Crippen molar-refractivity contribution in [3.63, 3.8) is 0 Å². The van der Waals surface area contributed by atoms with E-state index in [0.29, 0.717) is 17.4 Å². The van der Waals surface area contributed by atoms with Gasteiger partial charge in [0.1, 0.15) is 13.2 Å². The largest absolute Gasteiger partial charge is 0.756 e. The fourth-order valence-electron chi connectivity index (χ4n) is 5.74. The van der Waals surface area contributed by atoms with Crippen LogP contribution in [-0.4, -0.2) is 68.5 Å². The Labute approximate surface area is 297 Å². The summed E-state index contributed by atoms with van der Waals surface area (Å²) in [6.07, 6.45) is 33.8. The maximum atomic E-state index is 12.8. The molecule has 3 atom stereocenters. The molecule has 0 aromatic rings. The first-order valence-electron chi connectivity index (χ1n) is 20.1. The van der Waals surface area contributed by atoms with E-state index in [1.165, 1.54) is 122 Å². The summed E-state index contributed by atoms with van der Waals surface area (Å²) in [5, 5.41) is 13.7. The molecular formula is C39H79N2O6P. The minimum Gasteiger partial charge on any atom is -0.756 e. The van der Waals surface area contributed by atoms with Gasteiger partial charge in [-0.15, -0.1) is 0 Å². The smallest absolute Gasteiger partial charge is 0.268 e. The molecule has 0 saturated heterocycles. The number of unbranched alkanes of at least 4 members (excludes halogenated alkanes) is 23. The van der Waals surface area contributed by atoms with Gasteiger partial charge in [0.2, 0.25) is 5.91 Å². The number of amides is 1. The third kappa shape index (κ3) is 33.7. The Morgan fingerprint density at radius 1 is 0.708 bits per heavy atom. The molecule has 0 saturated carbocycles. The maximum Gasteiger partial charge on any atom is 0.268 e. The number of quaternary nitrogens is 1. The van der Waals surface area contributed by atoms with Crippen molar-refractivity contribution in [3.05, 3.63) is 12.2 Å². The lowest BCUT2D eigenvalue weighted by Gasteiger charge is -2.29. The number of nitrogens with one attached hydrogen (secondary N) is 1. The zero-order chi connectivity index (χ0) is 35.8. The summed E-state index contributed by atoms with van der Waals surface area (Å²) >= 11 is 0. The van der Waals surface area contributed by atoms with E-state index in [0.717, 1.165) is 38.5 Å². The van der Waals surface area contributed by atoms with Crippen LogP contribution in [-0.2, 0) is 18.4 Å². The Morgan fingerprint density at radius 2 is 1.12 bits per heavy atom. The number of allylic oxidation sites excluding steroid dienone is 1. The second kappa shape index (κ2) is 32.2. The first-order chi connectivity index (χ1) is 23.0. The van der Waals surface area contributed by atoms with Gasteiger partial charge in [0.05, 0.1) is 39.9 Å². The molecule has 0 aliphatic heterocycles. The summed E-state index contributed by atoms with van der Waals surface area (Å²) in [4.78, 5) is 25.2. The molecule has 0 heterocycles. The van der Waals surface area contributed by atoms with E-state index < -0.39 is 20.0 Å². The second-order valence-electron chi connectivity index (χ2n) is 15.0. The molecule has 0 rings (SSSR count). The molecule has 0 aliphatic rings. The molecule has 0 aromatic carbocycles. The zero-order valence-electron chi connectivity index (χ0n) is 32.2. The van der Waals surface area contributed by atoms with Crippen molar-refractivity contribution in [2.75, 3.05) is 40.9 Å². The Morgan fingerprint density at radius 3 is 1.56 bits per heavy atom. The maximum absolute atomic E-state index is 12.8. The normalized spacial score (nSPS) is 14.7. The molecular weight excluding hydrogens is 623 g/mol. The van der Waals surface area contributed by atoms with Gasteiger partial charge in [0.25, 0.3) is 7.82 Å². The molecule has 2 N–H and O–H groups in total. The molecule has 0 fully saturated rings. The fraction of sp³-hybridized carbons (Fsp3) is 0.923. The van der Waals surface area contributed by atoms with E-state index in [-0.39, 0.29) is 19.1 Å². The number of hydrogen-bond donors (Lipinski definition) is 2. The van der Waals surface area contributed by atoms with Gasteiger partial charge in [-0.2, -0.15) is 0 Å². The molecule has 0 aromatic heterocycles. The van der Waals surface area contributed by atoms with E-state index in [2.05, 4.69) is 19.2 Å². The van der Waals surface area contributed by atoms with Crippen molar-refractivity contribution >= 4 is 13.7 Å². The van der Waals surface area contributed by atoms with Crippen molar-refractivity contribution in [3.8, 4) is 0 Å². The van der Waals surface area contributed by atoms with Crippen LogP contribution >= 0.6 is 7.82 Å². The Bertz CT molecular complexity index is 804. The average molecular weight is 703 g/mol. The highest BCUT2D eigenvalue weighted by Gasteiger charge is 2.23. The molecule has 3 unspecified atom stereocenters. The number of nitrogens with zero attached hydrogens (tertiary/aromatic N) is 1. The predicted octanol–water partition coefficient (Wildman–Crippen LogP) is 9.78. The van der Waals surface area contributed by atoms with Crippen LogP contribution in [0.15, 0.2) is 12.2 Å². The van der Waals surface area contributed by atoms with Crippen LogP contribution in [0.1, 0.15) is 181 Å². The van der Waals surface area contributed by atoms with Crippen LogP contribution in [0, 0.1) is 0 Å². The van der Waals surface area contributed by atoms with Crippen LogP contribution in [0.3, 0.4) is 0 Å². The van der Waals surface area contributed by atoms with Gasteiger partial charge in [-0.25, -0.2) is 0 Å². The summed E-state index contributed by atoms with van der Waals surface area (Å²) in [5.41, 5.74) is 0. The molecule has 8 nitrogen and oxygen atoms in total. The number of rotatable bonds is 36. The summed E-state index contributed by atoms with van der Waals surface area (Å²) in [7, 11) is 1.27. The number of aliphatic hydroxyl groups excluding tert-OH is 1. The number of phosphoric ester groups is 1. The van der Waals surface area contributed by atoms with Crippen molar-refractivity contribution < 1.29 is 32.9 Å². The predicted molar refractivity (Wildman–Crippen MR) is 201 cm³/mol. The summed E-state index contributed by atoms with van der Waals surface area (Å²) in [5.74, 6) is -0.198. The van der Waals surface area contributed by atoms with E-state index >= 15 is 0 Å². The average Bonchev–Trinajstić information content (AvgIpc) is 3.02. The van der Waals surface area contributed by atoms with Crippen LogP contribution in [0.4, 0.5) is 0 Å². The highest BCUT2D eigenvalue weighted by atomic mass is 31.2. The molecule has 0 aliphatic carbocycles. The molecule has 0 spiro atoms. The van der Waals surface area contributed by atoms with Gasteiger partial charge in [-0.3, -0.25) is 9.36 Å². The molecule has 9 heteroatoms. The Hall–Kier alpha value is -0.760. The van der Waals surface area contributed by atoms with E-state index in [1.807, 2.05) is 27.2 Å². The molecule has 48 heavy (non-hydrogen) atoms. The summed E-state index contributed by atoms with van der Waals surface area (Å²) in [6.45, 7) is 4.63. The lowest BCUT2D eigenvalue weighted by molar-refractivity contribution is -0.870. The summed E-state index contributed by atoms with van der Waals surface area (Å²) in [6, 6.07) is -0.877. The van der Waals surface area contributed by atoms with Crippen molar-refractivity contribution in [2.24, 2.45) is 0 Å². The van der Waals surface area contributed by atoms with Crippen molar-refractivity contribution in [1.82, 2.24) is 5.32 Å². The van der Waals surface area contributed by atoms with Gasteiger partial charge in [-0.05, 0) is 19.3 Å². The van der Waals surface area contributed by atoms with Crippen LogP contribution in [0.25, 0.3) is 0 Å². The van der Waals surface area contributed by atoms with Crippen molar-refractivity contribution in [1.29, 1.82) is 0 Å². The van der Waals surface area contributed by atoms with Gasteiger partial charge in [-0.1, -0.05) is 167 Å². The van der Waals surface area contributed by atoms with Crippen LogP contribution < -0.4 is 10.2 Å². The first kappa shape index (κ1) is 47.2. The quantitative estimate of drug-likeness (QED) is 0.0291. The molecule has 286 valence electrons. The lowest BCUT2D eigenvalue weighted by atomic mass is 10.0. The van der Waals surface area contributed by atoms with Crippen LogP contribution in [0.2, 0.25) is 0 Å². The highest BCUT2D eigenvalue weighted by Crippen LogP contribution is 2.38. The number of hydrogen-bond acceptors (Lipinski definition) is 6. The van der Waals surface area contributed by atoms with E-state index in [4.69, 9.17) is 9.05 Å². The minimum atomic E-state index is -4.57. The number of phosphoric acid groups is 1. The van der Waals surface area contributed by atoms with Gasteiger partial charge in [0.15, 0.2) is 0 Å². The molecule has 0 radical (unpaired) electrons. The lowest BCUT2D eigenvalue weighted by Crippen LogP contribution is -2.45. The van der Waals surface area contributed by atoms with Gasteiger partial charge < -0.3 is 28.8 Å². The van der Waals surface area contributed by atoms with E-state index in [9.17, 15) is 19.4 Å². The minimum absolute atomic E-state index is 0.00175. The SMILES string of the molecule is CCCCCCCCCCCCC/C=C/C(O)C(COP(=O)([O-])OCC[N+](C)(C)C)NC(=O)CCCCCCCCCCCCCCC. The van der Waals surface area contributed by atoms with E-state index in [1.54, 1.807) is 6.08 Å². The Kier molecular flexibility index (Phi) is 31.7. The Balaban J connectivity index is 4.50. The van der Waals surface area contributed by atoms with Gasteiger partial charge >= 0.3 is 0 Å². The van der Waals surface area contributed by atoms with Gasteiger partial charge in [0, 0.05) is 6.42 Å². The first-order valence-corrected chi connectivity index (χ1v) is 21.5.